The van der Waals surface area contributed by atoms with Gasteiger partial charge in [0.2, 0.25) is 0 Å². The lowest BCUT2D eigenvalue weighted by atomic mass is 9.76. The second-order valence-electron chi connectivity index (χ2n) is 6.29. The number of nitrogens with one attached hydrogen (secondary N) is 1. The first-order valence-electron chi connectivity index (χ1n) is 8.60. The zero-order chi connectivity index (χ0) is 14.4. The standard InChI is InChI=1S/C18H31NS/c1-4-12-19-18(17-11-10-16(6-3)20-17)15-9-7-8-14(5-2)13-15/h10-11,14-15,18-19H,4-9,12-13H2,1-3H3. The highest BCUT2D eigenvalue weighted by atomic mass is 32.1. The molecule has 1 N–H and O–H groups in total. The first kappa shape index (κ1) is 16.0. The van der Waals surface area contributed by atoms with Crippen LogP contribution in [0.4, 0.5) is 0 Å². The summed E-state index contributed by atoms with van der Waals surface area (Å²) in [5.74, 6) is 1.81. The Balaban J connectivity index is 2.09. The summed E-state index contributed by atoms with van der Waals surface area (Å²) in [6.45, 7) is 8.04. The van der Waals surface area contributed by atoms with E-state index in [1.807, 2.05) is 11.3 Å². The van der Waals surface area contributed by atoms with Crippen LogP contribution in [0.5, 0.6) is 0 Å². The largest absolute Gasteiger partial charge is 0.309 e. The van der Waals surface area contributed by atoms with Crippen molar-refractivity contribution in [1.29, 1.82) is 0 Å². The van der Waals surface area contributed by atoms with E-state index in [2.05, 4.69) is 38.2 Å². The Morgan fingerprint density at radius 1 is 1.25 bits per heavy atom. The maximum Gasteiger partial charge on any atom is 0.0443 e. The van der Waals surface area contributed by atoms with Crippen LogP contribution in [0.3, 0.4) is 0 Å². The van der Waals surface area contributed by atoms with E-state index in [1.54, 1.807) is 4.88 Å². The highest BCUT2D eigenvalue weighted by molar-refractivity contribution is 7.12. The van der Waals surface area contributed by atoms with Crippen LogP contribution in [0.25, 0.3) is 0 Å². The van der Waals surface area contributed by atoms with E-state index in [4.69, 9.17) is 0 Å². The first-order chi connectivity index (χ1) is 9.78. The summed E-state index contributed by atoms with van der Waals surface area (Å²) in [6, 6.07) is 5.32. The molecular weight excluding hydrogens is 262 g/mol. The van der Waals surface area contributed by atoms with Crippen LogP contribution in [0.2, 0.25) is 0 Å². The smallest absolute Gasteiger partial charge is 0.0443 e. The van der Waals surface area contributed by atoms with Crippen LogP contribution in [-0.2, 0) is 6.42 Å². The van der Waals surface area contributed by atoms with Gasteiger partial charge in [0.05, 0.1) is 0 Å². The van der Waals surface area contributed by atoms with E-state index in [9.17, 15) is 0 Å². The zero-order valence-corrected chi connectivity index (χ0v) is 14.3. The van der Waals surface area contributed by atoms with E-state index in [-0.39, 0.29) is 0 Å². The molecule has 0 aliphatic heterocycles. The van der Waals surface area contributed by atoms with Crippen molar-refractivity contribution in [2.45, 2.75) is 71.8 Å². The molecular formula is C18H31NS. The fraction of sp³-hybridized carbons (Fsp3) is 0.778. The third kappa shape index (κ3) is 4.08. The summed E-state index contributed by atoms with van der Waals surface area (Å²) in [6.07, 6.45) is 9.49. The fourth-order valence-corrected chi connectivity index (χ4v) is 4.68. The fourth-order valence-electron chi connectivity index (χ4n) is 3.56. The molecule has 1 aliphatic carbocycles. The van der Waals surface area contributed by atoms with Gasteiger partial charge in [-0.25, -0.2) is 0 Å². The van der Waals surface area contributed by atoms with Gasteiger partial charge in [-0.2, -0.15) is 0 Å². The summed E-state index contributed by atoms with van der Waals surface area (Å²) in [5.41, 5.74) is 0. The van der Waals surface area contributed by atoms with Crippen molar-refractivity contribution in [2.75, 3.05) is 6.54 Å². The maximum absolute atomic E-state index is 3.85. The molecule has 0 saturated heterocycles. The van der Waals surface area contributed by atoms with E-state index in [0.717, 1.165) is 18.4 Å². The van der Waals surface area contributed by atoms with E-state index in [0.29, 0.717) is 6.04 Å². The molecule has 1 nitrogen and oxygen atoms in total. The molecule has 0 spiro atoms. The van der Waals surface area contributed by atoms with Crippen LogP contribution in [0, 0.1) is 11.8 Å². The van der Waals surface area contributed by atoms with Gasteiger partial charge in [0.15, 0.2) is 0 Å². The molecule has 1 saturated carbocycles. The summed E-state index contributed by atoms with van der Waals surface area (Å²) in [4.78, 5) is 3.11. The van der Waals surface area contributed by atoms with Gasteiger partial charge in [0.25, 0.3) is 0 Å². The van der Waals surface area contributed by atoms with Crippen molar-refractivity contribution in [1.82, 2.24) is 5.32 Å². The minimum atomic E-state index is 0.606. The van der Waals surface area contributed by atoms with Gasteiger partial charge in [-0.3, -0.25) is 0 Å². The molecule has 3 unspecified atom stereocenters. The molecule has 1 aliphatic rings. The molecule has 0 aromatic carbocycles. The van der Waals surface area contributed by atoms with E-state index in [1.165, 1.54) is 49.8 Å². The summed E-state index contributed by atoms with van der Waals surface area (Å²) >= 11 is 2.03. The van der Waals surface area contributed by atoms with Crippen molar-refractivity contribution < 1.29 is 0 Å². The van der Waals surface area contributed by atoms with Crippen LogP contribution in [0.1, 0.15) is 75.1 Å². The van der Waals surface area contributed by atoms with E-state index >= 15 is 0 Å². The van der Waals surface area contributed by atoms with Crippen LogP contribution in [0.15, 0.2) is 12.1 Å². The summed E-state index contributed by atoms with van der Waals surface area (Å²) in [5, 5.41) is 3.85. The molecule has 2 heteroatoms. The lowest BCUT2D eigenvalue weighted by molar-refractivity contribution is 0.211. The Kier molecular flexibility index (Phi) is 6.57. The molecule has 3 atom stereocenters. The average Bonchev–Trinajstić information content (AvgIpc) is 2.97. The Bertz CT molecular complexity index is 385. The minimum Gasteiger partial charge on any atom is -0.309 e. The monoisotopic (exact) mass is 293 g/mol. The Labute approximate surface area is 129 Å². The van der Waals surface area contributed by atoms with Crippen molar-refractivity contribution in [2.24, 2.45) is 11.8 Å². The molecule has 0 radical (unpaired) electrons. The second-order valence-corrected chi connectivity index (χ2v) is 7.49. The van der Waals surface area contributed by atoms with Gasteiger partial charge in [0, 0.05) is 15.8 Å². The molecule has 1 aromatic rings. The van der Waals surface area contributed by atoms with Crippen molar-refractivity contribution >= 4 is 11.3 Å². The van der Waals surface area contributed by atoms with Gasteiger partial charge in [-0.1, -0.05) is 40.0 Å². The first-order valence-corrected chi connectivity index (χ1v) is 9.42. The van der Waals surface area contributed by atoms with Crippen molar-refractivity contribution in [3.63, 3.8) is 0 Å². The number of thiophene rings is 1. The number of hydrogen-bond donors (Lipinski definition) is 1. The lowest BCUT2D eigenvalue weighted by Gasteiger charge is -2.34. The molecule has 1 heterocycles. The zero-order valence-electron chi connectivity index (χ0n) is 13.5. The van der Waals surface area contributed by atoms with E-state index < -0.39 is 0 Å². The Morgan fingerprint density at radius 3 is 2.75 bits per heavy atom. The minimum absolute atomic E-state index is 0.606. The second kappa shape index (κ2) is 8.19. The average molecular weight is 294 g/mol. The number of rotatable bonds is 7. The molecule has 0 bridgehead atoms. The SMILES string of the molecule is CCCNC(c1ccc(CC)s1)C1CCCC(CC)C1. The van der Waals surface area contributed by atoms with Crippen LogP contribution >= 0.6 is 11.3 Å². The van der Waals surface area contributed by atoms with Gasteiger partial charge in [-0.15, -0.1) is 11.3 Å². The van der Waals surface area contributed by atoms with Gasteiger partial charge in [0.1, 0.15) is 0 Å². The molecule has 2 rings (SSSR count). The van der Waals surface area contributed by atoms with Crippen molar-refractivity contribution in [3.8, 4) is 0 Å². The highest BCUT2D eigenvalue weighted by Crippen LogP contribution is 2.40. The maximum atomic E-state index is 3.85. The summed E-state index contributed by atoms with van der Waals surface area (Å²) < 4.78 is 0. The lowest BCUT2D eigenvalue weighted by Crippen LogP contribution is -2.31. The molecule has 1 fully saturated rings. The van der Waals surface area contributed by atoms with Gasteiger partial charge < -0.3 is 5.32 Å². The van der Waals surface area contributed by atoms with Crippen LogP contribution < -0.4 is 5.32 Å². The Hall–Kier alpha value is -0.340. The predicted octanol–water partition coefficient (Wildman–Crippen LogP) is 5.57. The third-order valence-electron chi connectivity index (χ3n) is 4.82. The molecule has 114 valence electrons. The quantitative estimate of drug-likeness (QED) is 0.693. The number of hydrogen-bond acceptors (Lipinski definition) is 2. The summed E-state index contributed by atoms with van der Waals surface area (Å²) in [7, 11) is 0. The molecule has 20 heavy (non-hydrogen) atoms. The highest BCUT2D eigenvalue weighted by Gasteiger charge is 2.29. The van der Waals surface area contributed by atoms with Crippen molar-refractivity contribution in [3.05, 3.63) is 21.9 Å². The Morgan fingerprint density at radius 2 is 2.10 bits per heavy atom. The number of aryl methyl sites for hydroxylation is 1. The van der Waals surface area contributed by atoms with Gasteiger partial charge in [-0.05, 0) is 56.2 Å². The van der Waals surface area contributed by atoms with Crippen LogP contribution in [-0.4, -0.2) is 6.54 Å². The third-order valence-corrected chi connectivity index (χ3v) is 6.14. The topological polar surface area (TPSA) is 12.0 Å². The molecule has 0 amide bonds. The normalized spacial score (nSPS) is 24.8. The van der Waals surface area contributed by atoms with Gasteiger partial charge >= 0.3 is 0 Å². The predicted molar refractivity (Wildman–Crippen MR) is 90.5 cm³/mol. The molecule has 1 aromatic heterocycles.